The van der Waals surface area contributed by atoms with Crippen LogP contribution < -0.4 is 14.8 Å². The van der Waals surface area contributed by atoms with Crippen LogP contribution in [-0.4, -0.2) is 40.3 Å². The van der Waals surface area contributed by atoms with Crippen molar-refractivity contribution < 1.29 is 22.3 Å². The fourth-order valence-corrected chi connectivity index (χ4v) is 3.16. The third-order valence-corrected chi connectivity index (χ3v) is 4.88. The molecule has 1 aromatic rings. The lowest BCUT2D eigenvalue weighted by atomic mass is 9.85. The Morgan fingerprint density at radius 3 is 2.58 bits per heavy atom. The molecule has 0 unspecified atom stereocenters. The summed E-state index contributed by atoms with van der Waals surface area (Å²) in [6.45, 7) is 4.25. The van der Waals surface area contributed by atoms with E-state index in [4.69, 9.17) is 4.74 Å². The molecule has 2 fully saturated rings. The topological polar surface area (TPSA) is 84.5 Å². The van der Waals surface area contributed by atoms with E-state index in [1.807, 2.05) is 0 Å². The molecule has 3 rings (SSSR count). The average molecular weight is 356 g/mol. The molecular formula is C16H21FN2O4S. The summed E-state index contributed by atoms with van der Waals surface area (Å²) in [4.78, 5) is 12.0. The van der Waals surface area contributed by atoms with Crippen molar-refractivity contribution in [2.24, 2.45) is 5.41 Å². The van der Waals surface area contributed by atoms with Crippen molar-refractivity contribution in [1.82, 2.24) is 10.0 Å². The van der Waals surface area contributed by atoms with E-state index in [-0.39, 0.29) is 16.9 Å². The predicted octanol–water partition coefficient (Wildman–Crippen LogP) is 1.38. The predicted molar refractivity (Wildman–Crippen MR) is 87.2 cm³/mol. The van der Waals surface area contributed by atoms with Crippen LogP contribution in [0.5, 0.6) is 5.75 Å². The molecule has 1 amide bonds. The maximum Gasteiger partial charge on any atom is 0.267 e. The SMILES string of the molecule is CC1(COc2cc(F)c(C(=O)NS(C)(=O)=O)cc2C2CC2)CNC1. The average Bonchev–Trinajstić information content (AvgIpc) is 3.25. The number of amides is 1. The zero-order valence-electron chi connectivity index (χ0n) is 13.7. The number of halogens is 1. The number of carbonyl (C=O) groups is 1. The van der Waals surface area contributed by atoms with Gasteiger partial charge in [0.1, 0.15) is 11.6 Å². The molecule has 0 atom stereocenters. The minimum Gasteiger partial charge on any atom is -0.493 e. The molecule has 1 saturated heterocycles. The molecule has 0 spiro atoms. The third-order valence-electron chi connectivity index (χ3n) is 4.32. The summed E-state index contributed by atoms with van der Waals surface area (Å²) in [6, 6.07) is 2.62. The first-order valence-electron chi connectivity index (χ1n) is 7.86. The first kappa shape index (κ1) is 17.2. The summed E-state index contributed by atoms with van der Waals surface area (Å²) in [6.07, 6.45) is 2.76. The van der Waals surface area contributed by atoms with Crippen LogP contribution in [0.3, 0.4) is 0 Å². The molecule has 2 aliphatic rings. The summed E-state index contributed by atoms with van der Waals surface area (Å²) >= 11 is 0. The van der Waals surface area contributed by atoms with Crippen LogP contribution >= 0.6 is 0 Å². The number of rotatable bonds is 6. The number of hydrogen-bond donors (Lipinski definition) is 2. The van der Waals surface area contributed by atoms with Crippen molar-refractivity contribution in [3.63, 3.8) is 0 Å². The first-order chi connectivity index (χ1) is 11.2. The number of carbonyl (C=O) groups excluding carboxylic acids is 1. The van der Waals surface area contributed by atoms with Crippen LogP contribution in [-0.2, 0) is 10.0 Å². The van der Waals surface area contributed by atoms with E-state index in [1.165, 1.54) is 12.1 Å². The smallest absolute Gasteiger partial charge is 0.267 e. The second-order valence-corrected chi connectivity index (χ2v) is 8.80. The second-order valence-electron chi connectivity index (χ2n) is 7.05. The minimum absolute atomic E-state index is 0.0314. The molecule has 1 aliphatic carbocycles. The van der Waals surface area contributed by atoms with Gasteiger partial charge in [-0.05, 0) is 30.4 Å². The molecule has 1 aliphatic heterocycles. The maximum absolute atomic E-state index is 14.3. The number of ether oxygens (including phenoxy) is 1. The van der Waals surface area contributed by atoms with Crippen molar-refractivity contribution in [3.05, 3.63) is 29.1 Å². The van der Waals surface area contributed by atoms with E-state index in [9.17, 15) is 17.6 Å². The fourth-order valence-electron chi connectivity index (χ4n) is 2.71. The molecule has 24 heavy (non-hydrogen) atoms. The lowest BCUT2D eigenvalue weighted by molar-refractivity contribution is 0.0973. The van der Waals surface area contributed by atoms with E-state index in [0.717, 1.165) is 37.8 Å². The summed E-state index contributed by atoms with van der Waals surface area (Å²) < 4.78 is 44.3. The van der Waals surface area contributed by atoms with E-state index in [0.29, 0.717) is 12.4 Å². The Morgan fingerprint density at radius 2 is 2.08 bits per heavy atom. The van der Waals surface area contributed by atoms with Gasteiger partial charge in [0.2, 0.25) is 10.0 Å². The molecule has 1 aromatic carbocycles. The van der Waals surface area contributed by atoms with Gasteiger partial charge in [-0.1, -0.05) is 6.92 Å². The minimum atomic E-state index is -3.75. The van der Waals surface area contributed by atoms with Gasteiger partial charge in [0.25, 0.3) is 5.91 Å². The Kier molecular flexibility index (Phi) is 4.29. The van der Waals surface area contributed by atoms with Crippen molar-refractivity contribution in [2.75, 3.05) is 26.0 Å². The Morgan fingerprint density at radius 1 is 1.42 bits per heavy atom. The summed E-state index contributed by atoms with van der Waals surface area (Å²) in [5, 5.41) is 3.18. The van der Waals surface area contributed by atoms with Gasteiger partial charge in [0.15, 0.2) is 0 Å². The molecule has 132 valence electrons. The van der Waals surface area contributed by atoms with Gasteiger partial charge >= 0.3 is 0 Å². The zero-order valence-corrected chi connectivity index (χ0v) is 14.5. The van der Waals surface area contributed by atoms with Crippen molar-refractivity contribution in [1.29, 1.82) is 0 Å². The number of nitrogens with one attached hydrogen (secondary N) is 2. The van der Waals surface area contributed by atoms with Gasteiger partial charge in [0, 0.05) is 24.6 Å². The molecule has 1 heterocycles. The van der Waals surface area contributed by atoms with Crippen molar-refractivity contribution in [2.45, 2.75) is 25.7 Å². The highest BCUT2D eigenvalue weighted by Crippen LogP contribution is 2.45. The highest BCUT2D eigenvalue weighted by Gasteiger charge is 2.34. The Labute approximate surface area is 140 Å². The van der Waals surface area contributed by atoms with E-state index < -0.39 is 21.7 Å². The first-order valence-corrected chi connectivity index (χ1v) is 9.75. The summed E-state index contributed by atoms with van der Waals surface area (Å²) in [5.74, 6) is -1.07. The molecular weight excluding hydrogens is 335 g/mol. The number of benzene rings is 1. The molecule has 0 aromatic heterocycles. The van der Waals surface area contributed by atoms with Crippen LogP contribution in [0.15, 0.2) is 12.1 Å². The lowest BCUT2D eigenvalue weighted by Gasteiger charge is -2.39. The van der Waals surface area contributed by atoms with Crippen molar-refractivity contribution in [3.8, 4) is 5.75 Å². The number of hydrogen-bond acceptors (Lipinski definition) is 5. The Balaban J connectivity index is 1.85. The van der Waals surface area contributed by atoms with Crippen LogP contribution in [0.1, 0.15) is 41.6 Å². The zero-order chi connectivity index (χ0) is 17.5. The van der Waals surface area contributed by atoms with Crippen LogP contribution in [0, 0.1) is 11.2 Å². The largest absolute Gasteiger partial charge is 0.493 e. The van der Waals surface area contributed by atoms with Gasteiger partial charge in [0.05, 0.1) is 18.4 Å². The van der Waals surface area contributed by atoms with Crippen LogP contribution in [0.2, 0.25) is 0 Å². The maximum atomic E-state index is 14.3. The summed E-state index contributed by atoms with van der Waals surface area (Å²) in [5.41, 5.74) is 0.529. The molecule has 6 nitrogen and oxygen atoms in total. The third kappa shape index (κ3) is 3.87. The number of sulfonamides is 1. The Hall–Kier alpha value is -1.67. The molecule has 2 N–H and O–H groups in total. The molecule has 0 radical (unpaired) electrons. The normalized spacial score (nSPS) is 19.5. The van der Waals surface area contributed by atoms with Crippen LogP contribution in [0.4, 0.5) is 4.39 Å². The van der Waals surface area contributed by atoms with E-state index >= 15 is 0 Å². The highest BCUT2D eigenvalue weighted by molar-refractivity contribution is 7.89. The molecule has 1 saturated carbocycles. The van der Waals surface area contributed by atoms with Gasteiger partial charge in [-0.2, -0.15) is 0 Å². The van der Waals surface area contributed by atoms with E-state index in [2.05, 4.69) is 12.2 Å². The quantitative estimate of drug-likeness (QED) is 0.804. The van der Waals surface area contributed by atoms with E-state index in [1.54, 1.807) is 4.72 Å². The van der Waals surface area contributed by atoms with Crippen molar-refractivity contribution >= 4 is 15.9 Å². The standard InChI is InChI=1S/C16H21FN2O4S/c1-16(7-18-8-16)9-23-14-6-13(17)12(5-11(14)10-3-4-10)15(20)19-24(2,21)22/h5-6,10,18H,3-4,7-9H2,1-2H3,(H,19,20). The lowest BCUT2D eigenvalue weighted by Crippen LogP contribution is -2.54. The van der Waals surface area contributed by atoms with Gasteiger partial charge in [-0.3, -0.25) is 4.79 Å². The van der Waals surface area contributed by atoms with Gasteiger partial charge < -0.3 is 10.1 Å². The highest BCUT2D eigenvalue weighted by atomic mass is 32.2. The second kappa shape index (κ2) is 6.00. The van der Waals surface area contributed by atoms with Crippen LogP contribution in [0.25, 0.3) is 0 Å². The van der Waals surface area contributed by atoms with Gasteiger partial charge in [-0.15, -0.1) is 0 Å². The molecule has 0 bridgehead atoms. The molecule has 8 heteroatoms. The monoisotopic (exact) mass is 356 g/mol. The summed E-state index contributed by atoms with van der Waals surface area (Å²) in [7, 11) is -3.75. The fraction of sp³-hybridized carbons (Fsp3) is 0.562. The van der Waals surface area contributed by atoms with Gasteiger partial charge in [-0.25, -0.2) is 17.5 Å². The Bertz CT molecular complexity index is 771.